The fourth-order valence-corrected chi connectivity index (χ4v) is 1.17. The summed E-state index contributed by atoms with van der Waals surface area (Å²) in [5.74, 6) is 0.171. The number of nitrogens with zero attached hydrogens (tertiary/aromatic N) is 1. The van der Waals surface area contributed by atoms with Crippen LogP contribution in [-0.4, -0.2) is 30.2 Å². The number of rotatable bonds is 4. The normalized spacial score (nSPS) is 10.0. The van der Waals surface area contributed by atoms with Crippen LogP contribution in [0.25, 0.3) is 0 Å². The Morgan fingerprint density at radius 1 is 1.40 bits per heavy atom. The van der Waals surface area contributed by atoms with E-state index in [-0.39, 0.29) is 11.7 Å². The summed E-state index contributed by atoms with van der Waals surface area (Å²) in [7, 11) is 3.04. The quantitative estimate of drug-likeness (QED) is 0.761. The van der Waals surface area contributed by atoms with Crippen molar-refractivity contribution < 1.29 is 14.7 Å². The van der Waals surface area contributed by atoms with Gasteiger partial charge < -0.3 is 5.11 Å². The molecule has 0 atom stereocenters. The summed E-state index contributed by atoms with van der Waals surface area (Å²) in [6.45, 7) is 0. The minimum atomic E-state index is -0.0643. The molecule has 15 heavy (non-hydrogen) atoms. The standard InChI is InChI=1S/C11H15NO3/c1-12(15-2)11(14)8-5-9-3-6-10(13)7-4-9/h3-4,6-7,13H,5,8H2,1-2H3. The number of aromatic hydroxyl groups is 1. The smallest absolute Gasteiger partial charge is 0.246 e. The van der Waals surface area contributed by atoms with Crippen LogP contribution in [0.2, 0.25) is 0 Å². The second kappa shape index (κ2) is 5.36. The number of carbonyl (C=O) groups excluding carboxylic acids is 1. The van der Waals surface area contributed by atoms with E-state index in [0.717, 1.165) is 5.56 Å². The molecular weight excluding hydrogens is 194 g/mol. The monoisotopic (exact) mass is 209 g/mol. The predicted octanol–water partition coefficient (Wildman–Crippen LogP) is 1.34. The van der Waals surface area contributed by atoms with Crippen molar-refractivity contribution in [2.24, 2.45) is 0 Å². The average molecular weight is 209 g/mol. The number of hydroxylamine groups is 2. The first-order chi connectivity index (χ1) is 7.13. The number of hydrogen-bond acceptors (Lipinski definition) is 3. The highest BCUT2D eigenvalue weighted by Gasteiger charge is 2.07. The Morgan fingerprint density at radius 2 is 2.00 bits per heavy atom. The number of phenols is 1. The first kappa shape index (κ1) is 11.5. The number of phenolic OH excluding ortho intramolecular Hbond substituents is 1. The molecule has 0 fully saturated rings. The van der Waals surface area contributed by atoms with Gasteiger partial charge in [-0.2, -0.15) is 0 Å². The van der Waals surface area contributed by atoms with E-state index >= 15 is 0 Å². The Kier molecular flexibility index (Phi) is 4.12. The van der Waals surface area contributed by atoms with Gasteiger partial charge in [0, 0.05) is 13.5 Å². The number of benzene rings is 1. The summed E-state index contributed by atoms with van der Waals surface area (Å²) in [4.78, 5) is 16.1. The summed E-state index contributed by atoms with van der Waals surface area (Å²) in [5, 5.41) is 10.3. The van der Waals surface area contributed by atoms with Gasteiger partial charge >= 0.3 is 0 Å². The fraction of sp³-hybridized carbons (Fsp3) is 0.364. The third-order valence-electron chi connectivity index (χ3n) is 2.19. The van der Waals surface area contributed by atoms with Gasteiger partial charge in [0.25, 0.3) is 0 Å². The summed E-state index contributed by atoms with van der Waals surface area (Å²) in [5.41, 5.74) is 1.02. The molecule has 0 aliphatic rings. The number of carbonyl (C=O) groups is 1. The molecule has 1 N–H and O–H groups in total. The largest absolute Gasteiger partial charge is 0.508 e. The number of amides is 1. The van der Waals surface area contributed by atoms with Gasteiger partial charge in [-0.25, -0.2) is 5.06 Å². The first-order valence-corrected chi connectivity index (χ1v) is 4.72. The minimum Gasteiger partial charge on any atom is -0.508 e. The third-order valence-corrected chi connectivity index (χ3v) is 2.19. The zero-order valence-electron chi connectivity index (χ0n) is 8.93. The molecule has 1 amide bonds. The maximum absolute atomic E-state index is 11.4. The SMILES string of the molecule is CON(C)C(=O)CCc1ccc(O)cc1. The fourth-order valence-electron chi connectivity index (χ4n) is 1.17. The second-order valence-corrected chi connectivity index (χ2v) is 3.24. The maximum atomic E-state index is 11.4. The molecule has 0 aromatic heterocycles. The molecular formula is C11H15NO3. The van der Waals surface area contributed by atoms with E-state index < -0.39 is 0 Å². The number of aryl methyl sites for hydroxylation is 1. The van der Waals surface area contributed by atoms with E-state index in [0.29, 0.717) is 12.8 Å². The van der Waals surface area contributed by atoms with Crippen LogP contribution >= 0.6 is 0 Å². The number of hydrogen-bond donors (Lipinski definition) is 1. The van der Waals surface area contributed by atoms with E-state index in [9.17, 15) is 4.79 Å². The molecule has 0 radical (unpaired) electrons. The molecule has 1 rings (SSSR count). The van der Waals surface area contributed by atoms with E-state index in [1.165, 1.54) is 12.2 Å². The Bertz CT molecular complexity index is 321. The lowest BCUT2D eigenvalue weighted by molar-refractivity contribution is -0.168. The molecule has 1 aromatic rings. The average Bonchev–Trinajstić information content (AvgIpc) is 2.26. The molecule has 0 saturated carbocycles. The van der Waals surface area contributed by atoms with Gasteiger partial charge in [0.1, 0.15) is 5.75 Å². The zero-order chi connectivity index (χ0) is 11.3. The predicted molar refractivity (Wildman–Crippen MR) is 56.2 cm³/mol. The molecule has 0 aliphatic carbocycles. The molecule has 4 heteroatoms. The molecule has 1 aromatic carbocycles. The highest BCUT2D eigenvalue weighted by atomic mass is 16.7. The van der Waals surface area contributed by atoms with Gasteiger partial charge in [-0.3, -0.25) is 9.63 Å². The lowest BCUT2D eigenvalue weighted by Gasteiger charge is -2.13. The van der Waals surface area contributed by atoms with Crippen molar-refractivity contribution in [3.05, 3.63) is 29.8 Å². The molecule has 4 nitrogen and oxygen atoms in total. The van der Waals surface area contributed by atoms with Crippen molar-refractivity contribution >= 4 is 5.91 Å². The van der Waals surface area contributed by atoms with E-state index in [1.54, 1.807) is 31.3 Å². The minimum absolute atomic E-state index is 0.0643. The summed E-state index contributed by atoms with van der Waals surface area (Å²) >= 11 is 0. The molecule has 0 spiro atoms. The Hall–Kier alpha value is -1.55. The Balaban J connectivity index is 2.43. The topological polar surface area (TPSA) is 49.8 Å². The lowest BCUT2D eigenvalue weighted by Crippen LogP contribution is -2.25. The summed E-state index contributed by atoms with van der Waals surface area (Å²) < 4.78 is 0. The van der Waals surface area contributed by atoms with Gasteiger partial charge in [0.2, 0.25) is 5.91 Å². The molecule has 0 heterocycles. The van der Waals surface area contributed by atoms with E-state index in [1.807, 2.05) is 0 Å². The van der Waals surface area contributed by atoms with Gasteiger partial charge in [0.05, 0.1) is 7.11 Å². The van der Waals surface area contributed by atoms with E-state index in [2.05, 4.69) is 0 Å². The van der Waals surface area contributed by atoms with Crippen LogP contribution in [0.15, 0.2) is 24.3 Å². The second-order valence-electron chi connectivity index (χ2n) is 3.24. The first-order valence-electron chi connectivity index (χ1n) is 4.72. The van der Waals surface area contributed by atoms with Gasteiger partial charge in [-0.15, -0.1) is 0 Å². The van der Waals surface area contributed by atoms with Crippen molar-refractivity contribution in [3.8, 4) is 5.75 Å². The van der Waals surface area contributed by atoms with Crippen LogP contribution in [0.4, 0.5) is 0 Å². The van der Waals surface area contributed by atoms with Gasteiger partial charge in [-0.05, 0) is 24.1 Å². The van der Waals surface area contributed by atoms with Crippen molar-refractivity contribution in [3.63, 3.8) is 0 Å². The molecule has 0 aliphatic heterocycles. The Morgan fingerprint density at radius 3 is 2.53 bits per heavy atom. The van der Waals surface area contributed by atoms with Crippen molar-refractivity contribution in [1.82, 2.24) is 5.06 Å². The van der Waals surface area contributed by atoms with Crippen molar-refractivity contribution in [2.45, 2.75) is 12.8 Å². The molecule has 0 unspecified atom stereocenters. The molecule has 0 bridgehead atoms. The van der Waals surface area contributed by atoms with Gasteiger partial charge in [-0.1, -0.05) is 12.1 Å². The van der Waals surface area contributed by atoms with Crippen LogP contribution < -0.4 is 0 Å². The lowest BCUT2D eigenvalue weighted by atomic mass is 10.1. The van der Waals surface area contributed by atoms with Crippen LogP contribution in [-0.2, 0) is 16.1 Å². The Labute approximate surface area is 89.0 Å². The summed E-state index contributed by atoms with van der Waals surface area (Å²) in [6.07, 6.45) is 1.04. The zero-order valence-corrected chi connectivity index (χ0v) is 8.93. The van der Waals surface area contributed by atoms with E-state index in [4.69, 9.17) is 9.94 Å². The van der Waals surface area contributed by atoms with Crippen molar-refractivity contribution in [1.29, 1.82) is 0 Å². The van der Waals surface area contributed by atoms with Crippen LogP contribution in [0.1, 0.15) is 12.0 Å². The van der Waals surface area contributed by atoms with Crippen LogP contribution in [0.3, 0.4) is 0 Å². The summed E-state index contributed by atoms with van der Waals surface area (Å²) in [6, 6.07) is 6.82. The third kappa shape index (κ3) is 3.59. The van der Waals surface area contributed by atoms with Gasteiger partial charge in [0.15, 0.2) is 0 Å². The maximum Gasteiger partial charge on any atom is 0.246 e. The van der Waals surface area contributed by atoms with Crippen LogP contribution in [0.5, 0.6) is 5.75 Å². The molecule has 82 valence electrons. The highest BCUT2D eigenvalue weighted by molar-refractivity contribution is 5.75. The van der Waals surface area contributed by atoms with Crippen LogP contribution in [0, 0.1) is 0 Å². The highest BCUT2D eigenvalue weighted by Crippen LogP contribution is 2.11. The molecule has 0 saturated heterocycles. The van der Waals surface area contributed by atoms with Crippen molar-refractivity contribution in [2.75, 3.05) is 14.2 Å².